The first-order valence-electron chi connectivity index (χ1n) is 5.75. The molecule has 0 amide bonds. The first-order valence-corrected chi connectivity index (χ1v) is 5.75. The summed E-state index contributed by atoms with van der Waals surface area (Å²) in [5.41, 5.74) is 7.89. The average molecular weight is 206 g/mol. The third-order valence-corrected chi connectivity index (χ3v) is 2.55. The van der Waals surface area contributed by atoms with Crippen LogP contribution in [0.1, 0.15) is 31.7 Å². The van der Waals surface area contributed by atoms with Gasteiger partial charge in [0.25, 0.3) is 0 Å². The van der Waals surface area contributed by atoms with Crippen molar-refractivity contribution in [1.82, 2.24) is 4.90 Å². The van der Waals surface area contributed by atoms with E-state index < -0.39 is 0 Å². The summed E-state index contributed by atoms with van der Waals surface area (Å²) in [5, 5.41) is 0. The number of nitrogens with zero attached hydrogens (tertiary/aromatic N) is 1. The van der Waals surface area contributed by atoms with Gasteiger partial charge in [-0.05, 0) is 37.7 Å². The van der Waals surface area contributed by atoms with Crippen LogP contribution in [-0.2, 0) is 6.54 Å². The molecule has 0 aliphatic heterocycles. The Morgan fingerprint density at radius 1 is 1.27 bits per heavy atom. The van der Waals surface area contributed by atoms with E-state index >= 15 is 0 Å². The summed E-state index contributed by atoms with van der Waals surface area (Å²) in [6, 6.07) is 8.13. The zero-order chi connectivity index (χ0) is 11.1. The second kappa shape index (κ2) is 6.46. The second-order valence-electron chi connectivity index (χ2n) is 4.19. The largest absolute Gasteiger partial charge is 0.399 e. The molecule has 0 saturated heterocycles. The second-order valence-corrected chi connectivity index (χ2v) is 4.19. The molecule has 1 rings (SSSR count). The van der Waals surface area contributed by atoms with Gasteiger partial charge in [0.15, 0.2) is 0 Å². The molecule has 0 spiro atoms. The van der Waals surface area contributed by atoms with E-state index in [0.29, 0.717) is 0 Å². The maximum atomic E-state index is 5.74. The first-order chi connectivity index (χ1) is 7.22. The van der Waals surface area contributed by atoms with Crippen molar-refractivity contribution in [2.24, 2.45) is 0 Å². The van der Waals surface area contributed by atoms with Gasteiger partial charge in [-0.3, -0.25) is 0 Å². The van der Waals surface area contributed by atoms with Crippen LogP contribution >= 0.6 is 0 Å². The van der Waals surface area contributed by atoms with Crippen LogP contribution in [-0.4, -0.2) is 18.5 Å². The molecule has 1 aromatic carbocycles. The predicted octanol–water partition coefficient (Wildman–Crippen LogP) is 2.89. The van der Waals surface area contributed by atoms with Gasteiger partial charge in [0.1, 0.15) is 0 Å². The molecule has 0 saturated carbocycles. The Hall–Kier alpha value is -1.02. The topological polar surface area (TPSA) is 29.3 Å². The maximum Gasteiger partial charge on any atom is 0.0317 e. The highest BCUT2D eigenvalue weighted by Crippen LogP contribution is 2.09. The van der Waals surface area contributed by atoms with E-state index in [-0.39, 0.29) is 0 Å². The van der Waals surface area contributed by atoms with Gasteiger partial charge in [0.2, 0.25) is 0 Å². The third-order valence-electron chi connectivity index (χ3n) is 2.55. The van der Waals surface area contributed by atoms with Crippen molar-refractivity contribution in [3.8, 4) is 0 Å². The predicted molar refractivity (Wildman–Crippen MR) is 66.7 cm³/mol. The van der Waals surface area contributed by atoms with Crippen molar-refractivity contribution >= 4 is 5.69 Å². The molecule has 2 nitrogen and oxygen atoms in total. The fraction of sp³-hybridized carbons (Fsp3) is 0.538. The van der Waals surface area contributed by atoms with Crippen LogP contribution in [0.5, 0.6) is 0 Å². The molecule has 0 fully saturated rings. The summed E-state index contributed by atoms with van der Waals surface area (Å²) in [6.07, 6.45) is 3.89. The van der Waals surface area contributed by atoms with Crippen LogP contribution in [0.2, 0.25) is 0 Å². The smallest absolute Gasteiger partial charge is 0.0317 e. The molecule has 15 heavy (non-hydrogen) atoms. The monoisotopic (exact) mass is 206 g/mol. The number of hydrogen-bond acceptors (Lipinski definition) is 2. The standard InChI is InChI=1S/C13H22N2/c1-3-4-5-9-15(2)11-12-7-6-8-13(14)10-12/h6-8,10H,3-5,9,11,14H2,1-2H3. The van der Waals surface area contributed by atoms with E-state index in [9.17, 15) is 0 Å². The molecule has 1 aromatic rings. The lowest BCUT2D eigenvalue weighted by Crippen LogP contribution is -2.19. The molecule has 0 radical (unpaired) electrons. The Labute approximate surface area is 93.1 Å². The van der Waals surface area contributed by atoms with Gasteiger partial charge in [-0.2, -0.15) is 0 Å². The molecule has 0 bridgehead atoms. The summed E-state index contributed by atoms with van der Waals surface area (Å²) < 4.78 is 0. The zero-order valence-electron chi connectivity index (χ0n) is 9.87. The quantitative estimate of drug-likeness (QED) is 0.573. The highest BCUT2D eigenvalue weighted by Gasteiger charge is 1.99. The Morgan fingerprint density at radius 2 is 2.07 bits per heavy atom. The van der Waals surface area contributed by atoms with Gasteiger partial charge in [-0.1, -0.05) is 31.9 Å². The van der Waals surface area contributed by atoms with Crippen LogP contribution in [0.3, 0.4) is 0 Å². The Morgan fingerprint density at radius 3 is 2.73 bits per heavy atom. The van der Waals surface area contributed by atoms with Crippen molar-refractivity contribution < 1.29 is 0 Å². The van der Waals surface area contributed by atoms with Crippen molar-refractivity contribution in [3.63, 3.8) is 0 Å². The van der Waals surface area contributed by atoms with Gasteiger partial charge in [-0.15, -0.1) is 0 Å². The summed E-state index contributed by atoms with van der Waals surface area (Å²) in [7, 11) is 2.17. The Balaban J connectivity index is 2.34. The lowest BCUT2D eigenvalue weighted by Gasteiger charge is -2.16. The van der Waals surface area contributed by atoms with Crippen LogP contribution in [0, 0.1) is 0 Å². The zero-order valence-corrected chi connectivity index (χ0v) is 9.87. The van der Waals surface area contributed by atoms with Gasteiger partial charge in [-0.25, -0.2) is 0 Å². The molecule has 0 atom stereocenters. The fourth-order valence-electron chi connectivity index (χ4n) is 1.71. The third kappa shape index (κ3) is 4.84. The molecule has 0 aliphatic carbocycles. The van der Waals surface area contributed by atoms with Crippen molar-refractivity contribution in [2.45, 2.75) is 32.7 Å². The summed E-state index contributed by atoms with van der Waals surface area (Å²) >= 11 is 0. The van der Waals surface area contributed by atoms with E-state index in [4.69, 9.17) is 5.73 Å². The van der Waals surface area contributed by atoms with Crippen LogP contribution in [0.15, 0.2) is 24.3 Å². The molecule has 84 valence electrons. The van der Waals surface area contributed by atoms with E-state index in [1.165, 1.54) is 31.4 Å². The molecular weight excluding hydrogens is 184 g/mol. The Bertz CT molecular complexity index is 284. The van der Waals surface area contributed by atoms with Crippen LogP contribution in [0.4, 0.5) is 5.69 Å². The van der Waals surface area contributed by atoms with E-state index in [1.807, 2.05) is 12.1 Å². The fourth-order valence-corrected chi connectivity index (χ4v) is 1.71. The van der Waals surface area contributed by atoms with Crippen molar-refractivity contribution in [3.05, 3.63) is 29.8 Å². The van der Waals surface area contributed by atoms with Gasteiger partial charge >= 0.3 is 0 Å². The number of hydrogen-bond donors (Lipinski definition) is 1. The number of anilines is 1. The van der Waals surface area contributed by atoms with E-state index in [1.54, 1.807) is 0 Å². The lowest BCUT2D eigenvalue weighted by atomic mass is 10.2. The van der Waals surface area contributed by atoms with Crippen LogP contribution < -0.4 is 5.73 Å². The molecule has 0 heterocycles. The number of benzene rings is 1. The molecule has 0 unspecified atom stereocenters. The van der Waals surface area contributed by atoms with Crippen LogP contribution in [0.25, 0.3) is 0 Å². The SMILES string of the molecule is CCCCCN(C)Cc1cccc(N)c1. The van der Waals surface area contributed by atoms with Crippen molar-refractivity contribution in [1.29, 1.82) is 0 Å². The van der Waals surface area contributed by atoms with Gasteiger partial charge in [0.05, 0.1) is 0 Å². The number of unbranched alkanes of at least 4 members (excludes halogenated alkanes) is 2. The molecular formula is C13H22N2. The number of nitrogen functional groups attached to an aromatic ring is 1. The normalized spacial score (nSPS) is 10.9. The molecule has 0 aliphatic rings. The average Bonchev–Trinajstić information content (AvgIpc) is 2.18. The van der Waals surface area contributed by atoms with E-state index in [2.05, 4.69) is 31.0 Å². The molecule has 2 N–H and O–H groups in total. The van der Waals surface area contributed by atoms with Gasteiger partial charge < -0.3 is 10.6 Å². The lowest BCUT2D eigenvalue weighted by molar-refractivity contribution is 0.318. The Kier molecular flexibility index (Phi) is 5.19. The number of nitrogens with two attached hydrogens (primary N) is 1. The first kappa shape index (κ1) is 12.1. The minimum Gasteiger partial charge on any atom is -0.399 e. The summed E-state index contributed by atoms with van der Waals surface area (Å²) in [6.45, 7) is 4.40. The van der Waals surface area contributed by atoms with E-state index in [0.717, 1.165) is 12.2 Å². The van der Waals surface area contributed by atoms with Gasteiger partial charge in [0, 0.05) is 12.2 Å². The van der Waals surface area contributed by atoms with Crippen molar-refractivity contribution in [2.75, 3.05) is 19.3 Å². The minimum absolute atomic E-state index is 0.856. The highest BCUT2D eigenvalue weighted by atomic mass is 15.1. The molecule has 2 heteroatoms. The minimum atomic E-state index is 0.856. The summed E-state index contributed by atoms with van der Waals surface area (Å²) in [5.74, 6) is 0. The summed E-state index contributed by atoms with van der Waals surface area (Å²) in [4.78, 5) is 2.35. The maximum absolute atomic E-state index is 5.74. The molecule has 0 aromatic heterocycles. The number of rotatable bonds is 6. The highest BCUT2D eigenvalue weighted by molar-refractivity contribution is 5.40.